The summed E-state index contributed by atoms with van der Waals surface area (Å²) in [5, 5.41) is 8.33. The molecule has 2 amide bonds. The van der Waals surface area contributed by atoms with Crippen molar-refractivity contribution in [3.05, 3.63) is 86.2 Å². The third-order valence-corrected chi connectivity index (χ3v) is 6.25. The fourth-order valence-electron chi connectivity index (χ4n) is 4.48. The standard InChI is InChI=1S/C28H26N6O3/c1-3-23(35)31-27-25-26(19-12-14-22(15-13-19)37-21-10-6-5-7-11-21)32-34(28(25)30-18-29-27)20-9-8-16-33(17-20)24(36)4-2/h3-7,10-15,18,20H,1-2,8-9,16-17H2,(H,29,30,31,35). The number of aromatic nitrogens is 4. The number of anilines is 1. The number of benzene rings is 2. The number of hydrogen-bond donors (Lipinski definition) is 1. The Hall–Kier alpha value is -4.79. The van der Waals surface area contributed by atoms with Crippen molar-refractivity contribution in [2.75, 3.05) is 18.4 Å². The first kappa shape index (κ1) is 23.9. The Kier molecular flexibility index (Phi) is 6.76. The summed E-state index contributed by atoms with van der Waals surface area (Å²) in [4.78, 5) is 35.1. The number of fused-ring (bicyclic) bond motifs is 1. The van der Waals surface area contributed by atoms with Crippen LogP contribution in [0.25, 0.3) is 22.3 Å². The molecule has 0 radical (unpaired) electrons. The van der Waals surface area contributed by atoms with Crippen LogP contribution in [0.2, 0.25) is 0 Å². The van der Waals surface area contributed by atoms with Crippen molar-refractivity contribution >= 4 is 28.7 Å². The van der Waals surface area contributed by atoms with Crippen LogP contribution in [-0.2, 0) is 9.59 Å². The molecule has 2 aromatic heterocycles. The Labute approximate surface area is 214 Å². The van der Waals surface area contributed by atoms with Crippen molar-refractivity contribution in [1.82, 2.24) is 24.6 Å². The molecule has 0 saturated carbocycles. The summed E-state index contributed by atoms with van der Waals surface area (Å²) < 4.78 is 7.77. The number of likely N-dealkylation sites (tertiary alicyclic amines) is 1. The second-order valence-corrected chi connectivity index (χ2v) is 8.63. The highest BCUT2D eigenvalue weighted by atomic mass is 16.5. The van der Waals surface area contributed by atoms with Crippen molar-refractivity contribution in [2.45, 2.75) is 18.9 Å². The molecule has 0 spiro atoms. The van der Waals surface area contributed by atoms with Gasteiger partial charge in [0.05, 0.1) is 11.4 Å². The minimum absolute atomic E-state index is 0.0903. The van der Waals surface area contributed by atoms with Crippen LogP contribution in [0.15, 0.2) is 86.2 Å². The van der Waals surface area contributed by atoms with E-state index in [1.165, 1.54) is 18.5 Å². The zero-order valence-corrected chi connectivity index (χ0v) is 20.2. The smallest absolute Gasteiger partial charge is 0.248 e. The zero-order chi connectivity index (χ0) is 25.8. The number of rotatable bonds is 7. The number of hydrogen-bond acceptors (Lipinski definition) is 6. The molecule has 5 rings (SSSR count). The minimum Gasteiger partial charge on any atom is -0.457 e. The van der Waals surface area contributed by atoms with E-state index >= 15 is 0 Å². The molecule has 9 heteroatoms. The van der Waals surface area contributed by atoms with E-state index in [4.69, 9.17) is 9.84 Å². The van der Waals surface area contributed by atoms with Crippen LogP contribution < -0.4 is 10.1 Å². The van der Waals surface area contributed by atoms with Crippen molar-refractivity contribution in [1.29, 1.82) is 0 Å². The highest BCUT2D eigenvalue weighted by molar-refractivity contribution is 6.07. The van der Waals surface area contributed by atoms with Crippen LogP contribution in [0.4, 0.5) is 5.82 Å². The van der Waals surface area contributed by atoms with Gasteiger partial charge in [0, 0.05) is 18.7 Å². The predicted octanol–water partition coefficient (Wildman–Crippen LogP) is 4.76. The number of para-hydroxylation sites is 1. The molecule has 3 heterocycles. The maximum absolute atomic E-state index is 12.3. The lowest BCUT2D eigenvalue weighted by atomic mass is 10.1. The number of nitrogens with zero attached hydrogens (tertiary/aromatic N) is 5. The summed E-state index contributed by atoms with van der Waals surface area (Å²) in [5.41, 5.74) is 2.00. The van der Waals surface area contributed by atoms with E-state index in [1.54, 1.807) is 4.90 Å². The van der Waals surface area contributed by atoms with E-state index in [1.807, 2.05) is 59.3 Å². The van der Waals surface area contributed by atoms with Crippen LogP contribution in [0.3, 0.4) is 0 Å². The Morgan fingerprint density at radius 1 is 1.00 bits per heavy atom. The number of piperidine rings is 1. The largest absolute Gasteiger partial charge is 0.457 e. The van der Waals surface area contributed by atoms with E-state index in [9.17, 15) is 9.59 Å². The Morgan fingerprint density at radius 2 is 1.76 bits per heavy atom. The predicted molar refractivity (Wildman–Crippen MR) is 141 cm³/mol. The van der Waals surface area contributed by atoms with Gasteiger partial charge in [0.25, 0.3) is 0 Å². The van der Waals surface area contributed by atoms with Crippen molar-refractivity contribution in [3.8, 4) is 22.8 Å². The first-order valence-electron chi connectivity index (χ1n) is 12.0. The van der Waals surface area contributed by atoms with E-state index < -0.39 is 0 Å². The number of nitrogens with one attached hydrogen (secondary N) is 1. The van der Waals surface area contributed by atoms with Gasteiger partial charge in [-0.1, -0.05) is 31.4 Å². The summed E-state index contributed by atoms with van der Waals surface area (Å²) in [6.45, 7) is 8.31. The van der Waals surface area contributed by atoms with Gasteiger partial charge < -0.3 is 15.0 Å². The molecule has 1 unspecified atom stereocenters. The van der Waals surface area contributed by atoms with Gasteiger partial charge in [-0.3, -0.25) is 9.59 Å². The molecular weight excluding hydrogens is 468 g/mol. The molecule has 0 bridgehead atoms. The molecule has 186 valence electrons. The van der Waals surface area contributed by atoms with Gasteiger partial charge in [-0.25, -0.2) is 14.6 Å². The first-order valence-corrected chi connectivity index (χ1v) is 12.0. The highest BCUT2D eigenvalue weighted by Crippen LogP contribution is 2.35. The van der Waals surface area contributed by atoms with Gasteiger partial charge in [-0.15, -0.1) is 0 Å². The molecule has 1 atom stereocenters. The van der Waals surface area contributed by atoms with E-state index in [2.05, 4.69) is 28.4 Å². The molecule has 9 nitrogen and oxygen atoms in total. The quantitative estimate of drug-likeness (QED) is 0.372. The lowest BCUT2D eigenvalue weighted by Gasteiger charge is -2.32. The molecule has 1 fully saturated rings. The molecule has 1 N–H and O–H groups in total. The maximum atomic E-state index is 12.3. The van der Waals surface area contributed by atoms with Crippen LogP contribution in [-0.4, -0.2) is 49.6 Å². The summed E-state index contributed by atoms with van der Waals surface area (Å²) in [6, 6.07) is 17.0. The third-order valence-electron chi connectivity index (χ3n) is 6.25. The summed E-state index contributed by atoms with van der Waals surface area (Å²) >= 11 is 0. The Morgan fingerprint density at radius 3 is 2.49 bits per heavy atom. The SMILES string of the molecule is C=CC(=O)Nc1ncnc2c1c(-c1ccc(Oc3ccccc3)cc1)nn2C1CCCN(C(=O)C=C)C1. The van der Waals surface area contributed by atoms with Gasteiger partial charge >= 0.3 is 0 Å². The topological polar surface area (TPSA) is 102 Å². The van der Waals surface area contributed by atoms with Gasteiger partial charge in [-0.2, -0.15) is 5.10 Å². The average molecular weight is 495 g/mol. The number of carbonyl (C=O) groups excluding carboxylic acids is 2. The van der Waals surface area contributed by atoms with Crippen LogP contribution >= 0.6 is 0 Å². The third kappa shape index (κ3) is 4.97. The van der Waals surface area contributed by atoms with Gasteiger partial charge in [0.1, 0.15) is 29.3 Å². The maximum Gasteiger partial charge on any atom is 0.248 e. The second kappa shape index (κ2) is 10.4. The van der Waals surface area contributed by atoms with E-state index in [0.717, 1.165) is 24.2 Å². The normalized spacial score (nSPS) is 15.2. The Balaban J connectivity index is 1.56. The van der Waals surface area contributed by atoms with Gasteiger partial charge in [0.2, 0.25) is 11.8 Å². The fourth-order valence-corrected chi connectivity index (χ4v) is 4.48. The summed E-state index contributed by atoms with van der Waals surface area (Å²) in [7, 11) is 0. The summed E-state index contributed by atoms with van der Waals surface area (Å²) in [5.74, 6) is 1.27. The first-order chi connectivity index (χ1) is 18.1. The second-order valence-electron chi connectivity index (χ2n) is 8.63. The van der Waals surface area contributed by atoms with Gasteiger partial charge in [-0.05, 0) is 61.4 Å². The molecule has 1 aliphatic heterocycles. The molecule has 0 aliphatic carbocycles. The average Bonchev–Trinajstić information content (AvgIpc) is 3.34. The number of ether oxygens (including phenoxy) is 1. The highest BCUT2D eigenvalue weighted by Gasteiger charge is 2.28. The zero-order valence-electron chi connectivity index (χ0n) is 20.2. The molecule has 1 saturated heterocycles. The molecule has 1 aliphatic rings. The fraction of sp³-hybridized carbons (Fsp3) is 0.179. The Bertz CT molecular complexity index is 1460. The van der Waals surface area contributed by atoms with E-state index in [0.29, 0.717) is 41.4 Å². The van der Waals surface area contributed by atoms with Gasteiger partial charge in [0.15, 0.2) is 5.65 Å². The molecule has 37 heavy (non-hydrogen) atoms. The molecule has 4 aromatic rings. The van der Waals surface area contributed by atoms with Crippen molar-refractivity contribution in [3.63, 3.8) is 0 Å². The van der Waals surface area contributed by atoms with Crippen molar-refractivity contribution < 1.29 is 14.3 Å². The van der Waals surface area contributed by atoms with E-state index in [-0.39, 0.29) is 17.9 Å². The monoisotopic (exact) mass is 494 g/mol. The summed E-state index contributed by atoms with van der Waals surface area (Å²) in [6.07, 6.45) is 5.58. The lowest BCUT2D eigenvalue weighted by molar-refractivity contribution is -0.127. The minimum atomic E-state index is -0.384. The number of carbonyl (C=O) groups is 2. The van der Waals surface area contributed by atoms with Crippen LogP contribution in [0, 0.1) is 0 Å². The molecular formula is C28H26N6O3. The van der Waals surface area contributed by atoms with Crippen LogP contribution in [0.5, 0.6) is 11.5 Å². The lowest BCUT2D eigenvalue weighted by Crippen LogP contribution is -2.40. The van der Waals surface area contributed by atoms with Crippen molar-refractivity contribution in [2.24, 2.45) is 0 Å². The van der Waals surface area contributed by atoms with Crippen LogP contribution in [0.1, 0.15) is 18.9 Å². The number of amides is 2. The molecule has 2 aromatic carbocycles.